The minimum atomic E-state index is -0.244. The monoisotopic (exact) mass is 259 g/mol. The average molecular weight is 259 g/mol. The molecule has 1 aromatic carbocycles. The van der Waals surface area contributed by atoms with E-state index in [4.69, 9.17) is 0 Å². The summed E-state index contributed by atoms with van der Waals surface area (Å²) in [6, 6.07) is 4.91. The standard InChI is InChI=1S/C15H18FN3/c1-4-5-6-7-14-17-18-15(19(14)3)12-8-11(2)9-13(16)10-12/h4,8-10H,1,5-7H2,2-3H3. The molecule has 0 fully saturated rings. The highest BCUT2D eigenvalue weighted by Gasteiger charge is 2.11. The molecule has 3 nitrogen and oxygen atoms in total. The summed E-state index contributed by atoms with van der Waals surface area (Å²) in [4.78, 5) is 0. The van der Waals surface area contributed by atoms with Crippen LogP contribution in [0, 0.1) is 12.7 Å². The summed E-state index contributed by atoms with van der Waals surface area (Å²) in [5.41, 5.74) is 1.65. The minimum Gasteiger partial charge on any atom is -0.314 e. The Bertz CT molecular complexity index is 567. The molecule has 0 aliphatic carbocycles. The third-order valence-corrected chi connectivity index (χ3v) is 3.07. The maximum atomic E-state index is 13.4. The number of rotatable bonds is 5. The Labute approximate surface area is 112 Å². The van der Waals surface area contributed by atoms with Crippen molar-refractivity contribution >= 4 is 0 Å². The lowest BCUT2D eigenvalue weighted by Crippen LogP contribution is -2.00. The highest BCUT2D eigenvalue weighted by atomic mass is 19.1. The van der Waals surface area contributed by atoms with Gasteiger partial charge in [0, 0.05) is 19.0 Å². The summed E-state index contributed by atoms with van der Waals surface area (Å²) in [7, 11) is 1.92. The molecule has 0 unspecified atom stereocenters. The van der Waals surface area contributed by atoms with Crippen LogP contribution >= 0.6 is 0 Å². The highest BCUT2D eigenvalue weighted by Crippen LogP contribution is 2.20. The predicted octanol–water partition coefficient (Wildman–Crippen LogP) is 3.44. The van der Waals surface area contributed by atoms with Crippen molar-refractivity contribution in [3.05, 3.63) is 48.1 Å². The lowest BCUT2D eigenvalue weighted by atomic mass is 10.1. The average Bonchev–Trinajstić information content (AvgIpc) is 2.70. The van der Waals surface area contributed by atoms with Gasteiger partial charge in [0.05, 0.1) is 0 Å². The second-order valence-corrected chi connectivity index (χ2v) is 4.70. The Morgan fingerprint density at radius 1 is 1.32 bits per heavy atom. The van der Waals surface area contributed by atoms with E-state index in [1.54, 1.807) is 0 Å². The lowest BCUT2D eigenvalue weighted by molar-refractivity contribution is 0.626. The van der Waals surface area contributed by atoms with Crippen molar-refractivity contribution in [2.75, 3.05) is 0 Å². The van der Waals surface area contributed by atoms with Crippen molar-refractivity contribution in [1.29, 1.82) is 0 Å². The molecule has 1 heterocycles. The van der Waals surface area contributed by atoms with Gasteiger partial charge in [-0.1, -0.05) is 6.08 Å². The van der Waals surface area contributed by atoms with Gasteiger partial charge >= 0.3 is 0 Å². The van der Waals surface area contributed by atoms with Crippen LogP contribution in [0.3, 0.4) is 0 Å². The summed E-state index contributed by atoms with van der Waals surface area (Å²) in [6.07, 6.45) is 4.70. The first-order chi connectivity index (χ1) is 9.11. The van der Waals surface area contributed by atoms with E-state index in [2.05, 4.69) is 16.8 Å². The third-order valence-electron chi connectivity index (χ3n) is 3.07. The van der Waals surface area contributed by atoms with Crippen LogP contribution in [0.4, 0.5) is 4.39 Å². The van der Waals surface area contributed by atoms with Crippen LogP contribution < -0.4 is 0 Å². The maximum absolute atomic E-state index is 13.4. The first-order valence-corrected chi connectivity index (χ1v) is 6.38. The Kier molecular flexibility index (Phi) is 4.10. The molecule has 0 spiro atoms. The van der Waals surface area contributed by atoms with Crippen LogP contribution in [-0.4, -0.2) is 14.8 Å². The van der Waals surface area contributed by atoms with Gasteiger partial charge in [-0.25, -0.2) is 4.39 Å². The zero-order chi connectivity index (χ0) is 13.8. The predicted molar refractivity (Wildman–Crippen MR) is 74.3 cm³/mol. The van der Waals surface area contributed by atoms with Crippen LogP contribution in [0.25, 0.3) is 11.4 Å². The number of unbranched alkanes of at least 4 members (excludes halogenated alkanes) is 1. The van der Waals surface area contributed by atoms with Crippen molar-refractivity contribution in [2.24, 2.45) is 7.05 Å². The maximum Gasteiger partial charge on any atom is 0.163 e. The second kappa shape index (κ2) is 5.78. The van der Waals surface area contributed by atoms with Gasteiger partial charge in [-0.15, -0.1) is 16.8 Å². The van der Waals surface area contributed by atoms with Gasteiger partial charge < -0.3 is 4.57 Å². The van der Waals surface area contributed by atoms with E-state index < -0.39 is 0 Å². The number of hydrogen-bond acceptors (Lipinski definition) is 2. The number of benzene rings is 1. The summed E-state index contributed by atoms with van der Waals surface area (Å²) in [6.45, 7) is 5.57. The van der Waals surface area contributed by atoms with Crippen molar-refractivity contribution in [1.82, 2.24) is 14.8 Å². The van der Waals surface area contributed by atoms with Crippen LogP contribution in [0.15, 0.2) is 30.9 Å². The summed E-state index contributed by atoms with van der Waals surface area (Å²) < 4.78 is 15.4. The molecule has 4 heteroatoms. The van der Waals surface area contributed by atoms with Gasteiger partial charge in [-0.3, -0.25) is 0 Å². The molecule has 0 aliphatic rings. The van der Waals surface area contributed by atoms with Crippen LogP contribution in [0.2, 0.25) is 0 Å². The Hall–Kier alpha value is -1.97. The van der Waals surface area contributed by atoms with Gasteiger partial charge in [0.1, 0.15) is 11.6 Å². The normalized spacial score (nSPS) is 10.7. The zero-order valence-corrected chi connectivity index (χ0v) is 11.4. The SMILES string of the molecule is C=CCCCc1nnc(-c2cc(C)cc(F)c2)n1C. The molecule has 2 aromatic rings. The number of halogens is 1. The van der Waals surface area contributed by atoms with Crippen molar-refractivity contribution < 1.29 is 4.39 Å². The molecule has 0 aliphatic heterocycles. The van der Waals surface area contributed by atoms with Crippen LogP contribution in [0.1, 0.15) is 24.2 Å². The number of hydrogen-bond donors (Lipinski definition) is 0. The quantitative estimate of drug-likeness (QED) is 0.608. The van der Waals surface area contributed by atoms with E-state index in [0.29, 0.717) is 5.82 Å². The van der Waals surface area contributed by atoms with E-state index >= 15 is 0 Å². The summed E-state index contributed by atoms with van der Waals surface area (Å²) in [5.74, 6) is 1.38. The Morgan fingerprint density at radius 2 is 2.11 bits per heavy atom. The molecular weight excluding hydrogens is 241 g/mol. The van der Waals surface area contributed by atoms with E-state index in [-0.39, 0.29) is 5.82 Å². The first-order valence-electron chi connectivity index (χ1n) is 6.38. The molecule has 0 radical (unpaired) electrons. The van der Waals surface area contributed by atoms with E-state index in [1.807, 2.05) is 30.7 Å². The summed E-state index contributed by atoms with van der Waals surface area (Å²) >= 11 is 0. The molecule has 0 bridgehead atoms. The molecule has 0 N–H and O–H groups in total. The van der Waals surface area contributed by atoms with Crippen molar-refractivity contribution in [3.63, 3.8) is 0 Å². The fourth-order valence-corrected chi connectivity index (χ4v) is 2.10. The van der Waals surface area contributed by atoms with Crippen molar-refractivity contribution in [3.8, 4) is 11.4 Å². The molecule has 2 rings (SSSR count). The fraction of sp³-hybridized carbons (Fsp3) is 0.333. The van der Waals surface area contributed by atoms with Gasteiger partial charge in [0.15, 0.2) is 5.82 Å². The largest absolute Gasteiger partial charge is 0.314 e. The van der Waals surface area contributed by atoms with Crippen LogP contribution in [-0.2, 0) is 13.5 Å². The van der Waals surface area contributed by atoms with Gasteiger partial charge in [-0.2, -0.15) is 0 Å². The van der Waals surface area contributed by atoms with Gasteiger partial charge in [-0.05, 0) is 43.5 Å². The van der Waals surface area contributed by atoms with E-state index in [0.717, 1.165) is 36.2 Å². The number of allylic oxidation sites excluding steroid dienone is 1. The van der Waals surface area contributed by atoms with Gasteiger partial charge in [0.25, 0.3) is 0 Å². The third kappa shape index (κ3) is 3.08. The molecule has 0 amide bonds. The van der Waals surface area contributed by atoms with E-state index in [9.17, 15) is 4.39 Å². The highest BCUT2D eigenvalue weighted by molar-refractivity contribution is 5.56. The number of nitrogens with zero attached hydrogens (tertiary/aromatic N) is 3. The molecular formula is C15H18FN3. The zero-order valence-electron chi connectivity index (χ0n) is 11.4. The molecule has 0 saturated heterocycles. The second-order valence-electron chi connectivity index (χ2n) is 4.70. The van der Waals surface area contributed by atoms with Crippen LogP contribution in [0.5, 0.6) is 0 Å². The topological polar surface area (TPSA) is 30.7 Å². The fourth-order valence-electron chi connectivity index (χ4n) is 2.10. The first kappa shape index (κ1) is 13.5. The Balaban J connectivity index is 2.28. The number of aryl methyl sites for hydroxylation is 2. The smallest absolute Gasteiger partial charge is 0.163 e. The molecule has 100 valence electrons. The number of aromatic nitrogens is 3. The van der Waals surface area contributed by atoms with Gasteiger partial charge in [0.2, 0.25) is 0 Å². The molecule has 19 heavy (non-hydrogen) atoms. The lowest BCUT2D eigenvalue weighted by Gasteiger charge is -2.05. The molecule has 0 saturated carbocycles. The summed E-state index contributed by atoms with van der Waals surface area (Å²) in [5, 5.41) is 8.35. The van der Waals surface area contributed by atoms with Crippen molar-refractivity contribution in [2.45, 2.75) is 26.2 Å². The minimum absolute atomic E-state index is 0.244. The molecule has 1 aromatic heterocycles. The Morgan fingerprint density at radius 3 is 2.79 bits per heavy atom. The van der Waals surface area contributed by atoms with E-state index in [1.165, 1.54) is 12.1 Å². The molecule has 0 atom stereocenters.